The molecule has 0 aliphatic heterocycles. The van der Waals surface area contributed by atoms with E-state index < -0.39 is 0 Å². The molecule has 0 N–H and O–H groups in total. The van der Waals surface area contributed by atoms with E-state index in [0.717, 1.165) is 48.0 Å². The van der Waals surface area contributed by atoms with Crippen LogP contribution < -0.4 is 0 Å². The Bertz CT molecular complexity index is 632. The summed E-state index contributed by atoms with van der Waals surface area (Å²) in [4.78, 5) is 0. The topological polar surface area (TPSA) is 9.23 Å². The van der Waals surface area contributed by atoms with Crippen LogP contribution in [0.2, 0.25) is 0 Å². The van der Waals surface area contributed by atoms with Gasteiger partial charge < -0.3 is 4.74 Å². The van der Waals surface area contributed by atoms with Crippen LogP contribution in [0, 0.1) is 46.8 Å². The largest absolute Gasteiger partial charge is 0.384 e. The lowest BCUT2D eigenvalue weighted by molar-refractivity contribution is -0.00552. The zero-order valence-electron chi connectivity index (χ0n) is 22.3. The minimum atomic E-state index is 0.632. The molecule has 0 aromatic rings. The lowest BCUT2D eigenvalue weighted by Crippen LogP contribution is -2.46. The summed E-state index contributed by atoms with van der Waals surface area (Å²) in [5, 5.41) is 0. The lowest BCUT2D eigenvalue weighted by atomic mass is 9.51. The SMILES string of the molecule is CCCCC1CCC2=C(C1)C(COC)CC1C2CCC2(C)C(CCCCC(C)C)CCC12. The Morgan fingerprint density at radius 3 is 2.59 bits per heavy atom. The first-order chi connectivity index (χ1) is 15.5. The van der Waals surface area contributed by atoms with Crippen molar-refractivity contribution in [3.05, 3.63) is 11.1 Å². The highest BCUT2D eigenvalue weighted by Crippen LogP contribution is 2.64. The molecule has 1 nitrogen and oxygen atoms in total. The maximum Gasteiger partial charge on any atom is 0.0527 e. The second-order valence-corrected chi connectivity index (χ2v) is 13.1. The summed E-state index contributed by atoms with van der Waals surface area (Å²) in [6.45, 7) is 10.8. The molecule has 2 fully saturated rings. The summed E-state index contributed by atoms with van der Waals surface area (Å²) >= 11 is 0. The number of hydrogen-bond acceptors (Lipinski definition) is 1. The molecule has 32 heavy (non-hydrogen) atoms. The van der Waals surface area contributed by atoms with Crippen LogP contribution in [-0.4, -0.2) is 13.7 Å². The lowest BCUT2D eigenvalue weighted by Gasteiger charge is -2.54. The highest BCUT2D eigenvalue weighted by atomic mass is 16.5. The highest BCUT2D eigenvalue weighted by Gasteiger charge is 2.55. The van der Waals surface area contributed by atoms with Crippen LogP contribution in [0.1, 0.15) is 124 Å². The normalized spacial score (nSPS) is 39.2. The average molecular weight is 443 g/mol. The van der Waals surface area contributed by atoms with Crippen molar-refractivity contribution in [2.45, 2.75) is 124 Å². The third kappa shape index (κ3) is 5.04. The molecular weight excluding hydrogens is 388 g/mol. The van der Waals surface area contributed by atoms with Gasteiger partial charge in [0.05, 0.1) is 6.61 Å². The molecule has 184 valence electrons. The zero-order valence-corrected chi connectivity index (χ0v) is 22.3. The molecule has 0 amide bonds. The van der Waals surface area contributed by atoms with Gasteiger partial charge in [-0.3, -0.25) is 0 Å². The van der Waals surface area contributed by atoms with Gasteiger partial charge in [-0.2, -0.15) is 0 Å². The van der Waals surface area contributed by atoms with Gasteiger partial charge in [0.25, 0.3) is 0 Å². The van der Waals surface area contributed by atoms with E-state index in [1.165, 1.54) is 96.3 Å². The molecule has 0 saturated heterocycles. The fourth-order valence-electron chi connectivity index (χ4n) is 9.07. The summed E-state index contributed by atoms with van der Waals surface area (Å²) in [7, 11) is 1.94. The predicted molar refractivity (Wildman–Crippen MR) is 138 cm³/mol. The summed E-state index contributed by atoms with van der Waals surface area (Å²) in [5.74, 6) is 6.44. The first-order valence-electron chi connectivity index (χ1n) is 14.7. The van der Waals surface area contributed by atoms with Gasteiger partial charge in [-0.15, -0.1) is 0 Å². The minimum Gasteiger partial charge on any atom is -0.384 e. The molecule has 4 aliphatic carbocycles. The van der Waals surface area contributed by atoms with Crippen molar-refractivity contribution in [1.82, 2.24) is 0 Å². The van der Waals surface area contributed by atoms with E-state index in [-0.39, 0.29) is 0 Å². The fraction of sp³-hybridized carbons (Fsp3) is 0.935. The van der Waals surface area contributed by atoms with Gasteiger partial charge in [0.2, 0.25) is 0 Å². The molecule has 0 aromatic carbocycles. The monoisotopic (exact) mass is 442 g/mol. The van der Waals surface area contributed by atoms with Crippen LogP contribution in [0.4, 0.5) is 0 Å². The number of methoxy groups -OCH3 is 1. The van der Waals surface area contributed by atoms with Gasteiger partial charge in [0.15, 0.2) is 0 Å². The van der Waals surface area contributed by atoms with Crippen molar-refractivity contribution < 1.29 is 4.74 Å². The number of unbranched alkanes of at least 4 members (excludes halogenated alkanes) is 2. The van der Waals surface area contributed by atoms with E-state index in [1.807, 2.05) is 18.3 Å². The Morgan fingerprint density at radius 1 is 1.00 bits per heavy atom. The third-order valence-corrected chi connectivity index (χ3v) is 10.8. The van der Waals surface area contributed by atoms with E-state index in [2.05, 4.69) is 27.7 Å². The van der Waals surface area contributed by atoms with Gasteiger partial charge in [-0.1, -0.05) is 77.4 Å². The van der Waals surface area contributed by atoms with E-state index >= 15 is 0 Å². The minimum absolute atomic E-state index is 0.632. The van der Waals surface area contributed by atoms with Crippen LogP contribution in [0.5, 0.6) is 0 Å². The van der Waals surface area contributed by atoms with Crippen LogP contribution in [-0.2, 0) is 4.74 Å². The zero-order chi connectivity index (χ0) is 22.7. The Morgan fingerprint density at radius 2 is 1.84 bits per heavy atom. The maximum atomic E-state index is 5.83. The van der Waals surface area contributed by atoms with E-state index in [1.54, 1.807) is 0 Å². The second-order valence-electron chi connectivity index (χ2n) is 13.1. The third-order valence-electron chi connectivity index (χ3n) is 10.8. The molecular formula is C31H54O. The molecule has 0 spiro atoms. The number of fused-ring (bicyclic) bond motifs is 4. The number of allylic oxidation sites excluding steroid dienone is 1. The van der Waals surface area contributed by atoms with E-state index in [0.29, 0.717) is 5.41 Å². The quantitative estimate of drug-likeness (QED) is 0.242. The molecule has 7 atom stereocenters. The van der Waals surface area contributed by atoms with Gasteiger partial charge in [-0.05, 0) is 98.7 Å². The number of ether oxygens (including phenoxy) is 1. The molecule has 4 rings (SSSR count). The average Bonchev–Trinajstić information content (AvgIpc) is 3.12. The van der Waals surface area contributed by atoms with Crippen molar-refractivity contribution in [2.24, 2.45) is 46.8 Å². The van der Waals surface area contributed by atoms with Crippen LogP contribution >= 0.6 is 0 Å². The Balaban J connectivity index is 1.47. The van der Waals surface area contributed by atoms with Crippen molar-refractivity contribution in [3.8, 4) is 0 Å². The Hall–Kier alpha value is -0.300. The summed E-state index contributed by atoms with van der Waals surface area (Å²) in [6.07, 6.45) is 21.9. The highest BCUT2D eigenvalue weighted by molar-refractivity contribution is 5.29. The number of rotatable bonds is 10. The van der Waals surface area contributed by atoms with Crippen molar-refractivity contribution in [2.75, 3.05) is 13.7 Å². The van der Waals surface area contributed by atoms with Gasteiger partial charge >= 0.3 is 0 Å². The molecule has 0 radical (unpaired) electrons. The van der Waals surface area contributed by atoms with Crippen LogP contribution in [0.15, 0.2) is 11.1 Å². The first kappa shape index (κ1) is 24.8. The molecule has 0 aromatic heterocycles. The predicted octanol–water partition coefficient (Wildman–Crippen LogP) is 9.21. The van der Waals surface area contributed by atoms with Crippen molar-refractivity contribution in [1.29, 1.82) is 0 Å². The van der Waals surface area contributed by atoms with Gasteiger partial charge in [-0.25, -0.2) is 0 Å². The number of hydrogen-bond donors (Lipinski definition) is 0. The molecule has 0 bridgehead atoms. The Kier molecular flexibility index (Phi) is 8.50. The summed E-state index contributed by atoms with van der Waals surface area (Å²) in [5.41, 5.74) is 4.48. The van der Waals surface area contributed by atoms with Crippen molar-refractivity contribution >= 4 is 0 Å². The fourth-order valence-corrected chi connectivity index (χ4v) is 9.07. The summed E-state index contributed by atoms with van der Waals surface area (Å²) < 4.78 is 5.83. The Labute approximate surface area is 200 Å². The van der Waals surface area contributed by atoms with E-state index in [9.17, 15) is 0 Å². The van der Waals surface area contributed by atoms with Gasteiger partial charge in [0, 0.05) is 13.0 Å². The van der Waals surface area contributed by atoms with Gasteiger partial charge in [0.1, 0.15) is 0 Å². The van der Waals surface area contributed by atoms with Crippen molar-refractivity contribution in [3.63, 3.8) is 0 Å². The standard InChI is InChI=1S/C31H54O/c1-6-7-11-23-13-15-26-27-17-18-31(4)25(12-9-8-10-22(2)3)14-16-30(31)29(27)20-24(21-32-5)28(26)19-23/h22-25,27,29-30H,6-21H2,1-5H3. The molecule has 7 unspecified atom stereocenters. The van der Waals surface area contributed by atoms with E-state index in [4.69, 9.17) is 4.74 Å². The smallest absolute Gasteiger partial charge is 0.0527 e. The van der Waals surface area contributed by atoms with Crippen LogP contribution in [0.25, 0.3) is 0 Å². The first-order valence-corrected chi connectivity index (χ1v) is 14.7. The molecule has 2 saturated carbocycles. The second kappa shape index (κ2) is 11.0. The van der Waals surface area contributed by atoms with Crippen LogP contribution in [0.3, 0.4) is 0 Å². The molecule has 1 heteroatoms. The summed E-state index contributed by atoms with van der Waals surface area (Å²) in [6, 6.07) is 0. The molecule has 0 heterocycles. The molecule has 4 aliphatic rings. The maximum absolute atomic E-state index is 5.83.